The smallest absolute Gasteiger partial charge is 0.132 e. The number of aryl methyl sites for hydroxylation is 2. The van der Waals surface area contributed by atoms with Gasteiger partial charge in [0, 0.05) is 5.56 Å². The number of aromatic nitrogens is 2. The SMILES string of the molecule is C#CCn1c(C)nc(-c2cccc(C)c2C)c1N. The van der Waals surface area contributed by atoms with E-state index in [-0.39, 0.29) is 0 Å². The van der Waals surface area contributed by atoms with Gasteiger partial charge >= 0.3 is 0 Å². The van der Waals surface area contributed by atoms with Crippen LogP contribution in [0, 0.1) is 33.1 Å². The van der Waals surface area contributed by atoms with Crippen LogP contribution in [0.4, 0.5) is 5.82 Å². The maximum atomic E-state index is 6.15. The molecule has 0 bridgehead atoms. The van der Waals surface area contributed by atoms with Gasteiger partial charge in [-0.3, -0.25) is 0 Å². The lowest BCUT2D eigenvalue weighted by atomic mass is 10.0. The molecule has 1 heterocycles. The molecule has 0 aliphatic carbocycles. The Bertz CT molecular complexity index is 630. The van der Waals surface area contributed by atoms with Gasteiger partial charge in [0.1, 0.15) is 17.3 Å². The van der Waals surface area contributed by atoms with Crippen molar-refractivity contribution in [2.45, 2.75) is 27.3 Å². The first-order chi connectivity index (χ1) is 8.56. The first kappa shape index (κ1) is 12.3. The predicted molar refractivity (Wildman–Crippen MR) is 75.1 cm³/mol. The Hall–Kier alpha value is -2.21. The largest absolute Gasteiger partial charge is 0.383 e. The number of rotatable bonds is 2. The molecule has 0 spiro atoms. The molecule has 2 rings (SSSR count). The standard InChI is InChI=1S/C15H17N3/c1-5-9-18-12(4)17-14(15(18)16)13-8-6-7-10(2)11(13)3/h1,6-8H,9,16H2,2-4H3. The lowest BCUT2D eigenvalue weighted by Crippen LogP contribution is -2.03. The molecule has 2 aromatic rings. The number of nitrogen functional groups attached to an aromatic ring is 1. The Morgan fingerprint density at radius 1 is 1.33 bits per heavy atom. The first-order valence-corrected chi connectivity index (χ1v) is 5.89. The quantitative estimate of drug-likeness (QED) is 0.819. The molecule has 0 aliphatic rings. The average Bonchev–Trinajstić information content (AvgIpc) is 2.61. The van der Waals surface area contributed by atoms with Gasteiger partial charge in [-0.2, -0.15) is 0 Å². The minimum atomic E-state index is 0.454. The van der Waals surface area contributed by atoms with Crippen molar-refractivity contribution in [3.05, 3.63) is 35.2 Å². The number of nitrogens with zero attached hydrogens (tertiary/aromatic N) is 2. The zero-order valence-electron chi connectivity index (χ0n) is 11.0. The number of benzene rings is 1. The summed E-state index contributed by atoms with van der Waals surface area (Å²) in [5.41, 5.74) is 10.5. The molecule has 0 amide bonds. The Labute approximate surface area is 108 Å². The molecule has 18 heavy (non-hydrogen) atoms. The molecule has 0 radical (unpaired) electrons. The summed E-state index contributed by atoms with van der Waals surface area (Å²) < 4.78 is 1.86. The molecule has 0 saturated heterocycles. The van der Waals surface area contributed by atoms with Gasteiger partial charge in [0.2, 0.25) is 0 Å². The Morgan fingerprint density at radius 2 is 2.06 bits per heavy atom. The lowest BCUT2D eigenvalue weighted by molar-refractivity contribution is 0.807. The maximum absolute atomic E-state index is 6.15. The second-order valence-electron chi connectivity index (χ2n) is 4.43. The summed E-state index contributed by atoms with van der Waals surface area (Å²) in [5, 5.41) is 0. The van der Waals surface area contributed by atoms with Crippen LogP contribution in [0.25, 0.3) is 11.3 Å². The van der Waals surface area contributed by atoms with Crippen molar-refractivity contribution in [1.29, 1.82) is 0 Å². The molecular weight excluding hydrogens is 222 g/mol. The van der Waals surface area contributed by atoms with Crippen LogP contribution in [-0.4, -0.2) is 9.55 Å². The molecule has 3 heteroatoms. The van der Waals surface area contributed by atoms with Gasteiger partial charge in [-0.1, -0.05) is 24.1 Å². The summed E-state index contributed by atoms with van der Waals surface area (Å²) in [6.45, 7) is 6.54. The number of hydrogen-bond acceptors (Lipinski definition) is 2. The number of anilines is 1. The van der Waals surface area contributed by atoms with Crippen LogP contribution in [0.5, 0.6) is 0 Å². The van der Waals surface area contributed by atoms with Crippen LogP contribution in [0.3, 0.4) is 0 Å². The number of imidazole rings is 1. The third-order valence-corrected chi connectivity index (χ3v) is 3.31. The van der Waals surface area contributed by atoms with Gasteiger partial charge in [0.15, 0.2) is 0 Å². The van der Waals surface area contributed by atoms with Gasteiger partial charge in [0.05, 0.1) is 6.54 Å². The van der Waals surface area contributed by atoms with Crippen LogP contribution in [0.15, 0.2) is 18.2 Å². The molecule has 3 nitrogen and oxygen atoms in total. The minimum Gasteiger partial charge on any atom is -0.383 e. The van der Waals surface area contributed by atoms with Crippen molar-refractivity contribution in [2.75, 3.05) is 5.73 Å². The molecule has 1 aromatic heterocycles. The van der Waals surface area contributed by atoms with E-state index < -0.39 is 0 Å². The van der Waals surface area contributed by atoms with E-state index in [2.05, 4.69) is 30.8 Å². The van der Waals surface area contributed by atoms with Crippen molar-refractivity contribution in [3.63, 3.8) is 0 Å². The highest BCUT2D eigenvalue weighted by molar-refractivity contribution is 5.74. The van der Waals surface area contributed by atoms with E-state index in [1.807, 2.05) is 23.6 Å². The van der Waals surface area contributed by atoms with Crippen molar-refractivity contribution in [3.8, 4) is 23.6 Å². The molecule has 92 valence electrons. The highest BCUT2D eigenvalue weighted by atomic mass is 15.1. The summed E-state index contributed by atoms with van der Waals surface area (Å²) in [5.74, 6) is 4.09. The normalized spacial score (nSPS) is 10.3. The monoisotopic (exact) mass is 239 g/mol. The van der Waals surface area contributed by atoms with Crippen LogP contribution in [0.1, 0.15) is 17.0 Å². The fourth-order valence-electron chi connectivity index (χ4n) is 2.08. The van der Waals surface area contributed by atoms with Gasteiger partial charge in [-0.25, -0.2) is 4.98 Å². The van der Waals surface area contributed by atoms with Crippen LogP contribution in [0.2, 0.25) is 0 Å². The highest BCUT2D eigenvalue weighted by Crippen LogP contribution is 2.30. The molecule has 0 atom stereocenters. The van der Waals surface area contributed by atoms with E-state index in [1.165, 1.54) is 11.1 Å². The summed E-state index contributed by atoms with van der Waals surface area (Å²) in [6, 6.07) is 6.15. The average molecular weight is 239 g/mol. The zero-order valence-corrected chi connectivity index (χ0v) is 11.0. The molecule has 2 N–H and O–H groups in total. The van der Waals surface area contributed by atoms with E-state index in [9.17, 15) is 0 Å². The Balaban J connectivity index is 2.62. The molecular formula is C15H17N3. The van der Waals surface area contributed by atoms with E-state index in [1.54, 1.807) is 0 Å². The Kier molecular flexibility index (Phi) is 3.12. The first-order valence-electron chi connectivity index (χ1n) is 5.89. The maximum Gasteiger partial charge on any atom is 0.132 e. The van der Waals surface area contributed by atoms with Crippen molar-refractivity contribution >= 4 is 5.82 Å². The fraction of sp³-hybridized carbons (Fsp3) is 0.267. The third-order valence-electron chi connectivity index (χ3n) is 3.31. The highest BCUT2D eigenvalue weighted by Gasteiger charge is 2.15. The van der Waals surface area contributed by atoms with E-state index in [0.717, 1.165) is 17.1 Å². The topological polar surface area (TPSA) is 43.8 Å². The van der Waals surface area contributed by atoms with Crippen LogP contribution < -0.4 is 5.73 Å². The fourth-order valence-corrected chi connectivity index (χ4v) is 2.08. The predicted octanol–water partition coefficient (Wildman–Crippen LogP) is 2.69. The molecule has 0 aliphatic heterocycles. The van der Waals surface area contributed by atoms with Crippen LogP contribution >= 0.6 is 0 Å². The molecule has 1 aromatic carbocycles. The zero-order chi connectivity index (χ0) is 13.3. The van der Waals surface area contributed by atoms with Gasteiger partial charge in [0.25, 0.3) is 0 Å². The molecule has 0 unspecified atom stereocenters. The van der Waals surface area contributed by atoms with Gasteiger partial charge < -0.3 is 10.3 Å². The molecule has 0 saturated carbocycles. The second-order valence-corrected chi connectivity index (χ2v) is 4.43. The number of nitrogens with two attached hydrogens (primary N) is 1. The molecule has 0 fully saturated rings. The Morgan fingerprint density at radius 3 is 2.72 bits per heavy atom. The summed E-state index contributed by atoms with van der Waals surface area (Å²) in [4.78, 5) is 4.54. The number of hydrogen-bond donors (Lipinski definition) is 1. The summed E-state index contributed by atoms with van der Waals surface area (Å²) >= 11 is 0. The van der Waals surface area contributed by atoms with E-state index >= 15 is 0 Å². The lowest BCUT2D eigenvalue weighted by Gasteiger charge is -2.07. The van der Waals surface area contributed by atoms with Crippen molar-refractivity contribution in [1.82, 2.24) is 9.55 Å². The van der Waals surface area contributed by atoms with E-state index in [0.29, 0.717) is 12.4 Å². The van der Waals surface area contributed by atoms with Crippen molar-refractivity contribution < 1.29 is 0 Å². The van der Waals surface area contributed by atoms with Crippen molar-refractivity contribution in [2.24, 2.45) is 0 Å². The third kappa shape index (κ3) is 1.86. The van der Waals surface area contributed by atoms with Gasteiger partial charge in [-0.05, 0) is 31.9 Å². The summed E-state index contributed by atoms with van der Waals surface area (Å²) in [7, 11) is 0. The minimum absolute atomic E-state index is 0.454. The van der Waals surface area contributed by atoms with Gasteiger partial charge in [-0.15, -0.1) is 6.42 Å². The van der Waals surface area contributed by atoms with Crippen LogP contribution in [-0.2, 0) is 6.54 Å². The second kappa shape index (κ2) is 4.58. The summed E-state index contributed by atoms with van der Waals surface area (Å²) in [6.07, 6.45) is 5.35. The number of terminal acetylenes is 1. The van der Waals surface area contributed by atoms with E-state index in [4.69, 9.17) is 12.2 Å².